The Morgan fingerprint density at radius 2 is 1.67 bits per heavy atom. The van der Waals surface area contributed by atoms with Gasteiger partial charge in [-0.25, -0.2) is 9.78 Å². The van der Waals surface area contributed by atoms with E-state index in [2.05, 4.69) is 10.3 Å². The van der Waals surface area contributed by atoms with Crippen molar-refractivity contribution in [2.45, 2.75) is 38.6 Å². The van der Waals surface area contributed by atoms with E-state index in [1.54, 1.807) is 36.1 Å². The second kappa shape index (κ2) is 14.7. The van der Waals surface area contributed by atoms with E-state index in [0.717, 1.165) is 24.1 Å². The largest absolute Gasteiger partial charge is 0.483 e. The third-order valence-electron chi connectivity index (χ3n) is 8.04. The molecule has 13 nitrogen and oxygen atoms in total. The first kappa shape index (κ1) is 32.2. The molecular formula is C33H37N5O8. The normalized spacial score (nSPS) is 15.1. The highest BCUT2D eigenvalue weighted by Gasteiger charge is 2.31. The third kappa shape index (κ3) is 7.53. The summed E-state index contributed by atoms with van der Waals surface area (Å²) < 4.78 is 11.0. The number of hydrogen-bond donors (Lipinski definition) is 2. The van der Waals surface area contributed by atoms with Crippen LogP contribution in [0.4, 0.5) is 10.5 Å². The van der Waals surface area contributed by atoms with Crippen molar-refractivity contribution in [1.82, 2.24) is 20.1 Å². The van der Waals surface area contributed by atoms with Crippen LogP contribution in [-0.4, -0.2) is 102 Å². The molecule has 5 rings (SSSR count). The molecule has 0 spiro atoms. The van der Waals surface area contributed by atoms with Crippen LogP contribution in [0.5, 0.6) is 5.75 Å². The number of pyridine rings is 1. The number of carboxylic acid groups (broad SMARTS) is 1. The summed E-state index contributed by atoms with van der Waals surface area (Å²) in [7, 11) is 0. The lowest BCUT2D eigenvalue weighted by molar-refractivity contribution is -0.138. The minimum Gasteiger partial charge on any atom is -0.483 e. The summed E-state index contributed by atoms with van der Waals surface area (Å²) in [4.78, 5) is 72.9. The lowest BCUT2D eigenvalue weighted by Gasteiger charge is -2.35. The predicted octanol–water partition coefficient (Wildman–Crippen LogP) is 2.86. The second-order valence-electron chi connectivity index (χ2n) is 11.1. The van der Waals surface area contributed by atoms with E-state index in [1.807, 2.05) is 24.3 Å². The first-order chi connectivity index (χ1) is 22.2. The van der Waals surface area contributed by atoms with Gasteiger partial charge in [-0.15, -0.1) is 0 Å². The number of carbonyl (C=O) groups excluding carboxylic acids is 4. The van der Waals surface area contributed by atoms with E-state index < -0.39 is 29.9 Å². The molecule has 1 fully saturated rings. The number of nitrogens with zero attached hydrogens (tertiary/aromatic N) is 4. The predicted molar refractivity (Wildman–Crippen MR) is 168 cm³/mol. The molecule has 3 aromatic rings. The Morgan fingerprint density at radius 3 is 2.43 bits per heavy atom. The molecule has 0 bridgehead atoms. The summed E-state index contributed by atoms with van der Waals surface area (Å²) >= 11 is 0. The molecule has 3 heterocycles. The number of para-hydroxylation sites is 2. The van der Waals surface area contributed by atoms with E-state index in [-0.39, 0.29) is 69.6 Å². The molecule has 0 radical (unpaired) electrons. The molecule has 2 N–H and O–H groups in total. The number of piperazine rings is 1. The van der Waals surface area contributed by atoms with E-state index in [4.69, 9.17) is 9.47 Å². The number of ether oxygens (including phenoxy) is 2. The van der Waals surface area contributed by atoms with E-state index >= 15 is 0 Å². The SMILES string of the molecule is CCOC(=O)N1CCN(C(=O)C(CCC(=O)O)NC(=O)c2cc(OCC(=O)N3CCCc4ccccc43)c3ccccc3n2)CC1. The molecule has 46 heavy (non-hydrogen) atoms. The second-order valence-corrected chi connectivity index (χ2v) is 11.1. The maximum Gasteiger partial charge on any atom is 0.409 e. The highest BCUT2D eigenvalue weighted by Crippen LogP contribution is 2.28. The maximum atomic E-state index is 13.5. The van der Waals surface area contributed by atoms with Crippen molar-refractivity contribution >= 4 is 46.4 Å². The number of hydrogen-bond acceptors (Lipinski definition) is 8. The molecule has 0 aliphatic carbocycles. The first-order valence-corrected chi connectivity index (χ1v) is 15.4. The molecule has 2 aromatic carbocycles. The number of aliphatic carboxylic acids is 1. The minimum atomic E-state index is -1.14. The fraction of sp³-hybridized carbons (Fsp3) is 0.394. The number of carboxylic acids is 1. The Labute approximate surface area is 266 Å². The van der Waals surface area contributed by atoms with Gasteiger partial charge >= 0.3 is 12.1 Å². The van der Waals surface area contributed by atoms with Crippen molar-refractivity contribution in [1.29, 1.82) is 0 Å². The number of anilines is 1. The van der Waals surface area contributed by atoms with Gasteiger partial charge in [0.15, 0.2) is 6.61 Å². The highest BCUT2D eigenvalue weighted by atomic mass is 16.6. The zero-order valence-electron chi connectivity index (χ0n) is 25.6. The van der Waals surface area contributed by atoms with Gasteiger partial charge in [0.05, 0.1) is 12.1 Å². The van der Waals surface area contributed by atoms with Gasteiger partial charge in [-0.2, -0.15) is 0 Å². The number of amides is 4. The Bertz CT molecular complexity index is 1620. The van der Waals surface area contributed by atoms with Gasteiger partial charge in [0, 0.05) is 56.3 Å². The summed E-state index contributed by atoms with van der Waals surface area (Å²) in [6.07, 6.45) is 0.789. The van der Waals surface area contributed by atoms with Crippen LogP contribution in [0, 0.1) is 0 Å². The number of nitrogens with one attached hydrogen (secondary N) is 1. The molecule has 0 saturated carbocycles. The van der Waals surface area contributed by atoms with Crippen molar-refractivity contribution < 1.29 is 38.6 Å². The number of fused-ring (bicyclic) bond motifs is 2. The van der Waals surface area contributed by atoms with Crippen LogP contribution in [0.3, 0.4) is 0 Å². The molecule has 1 atom stereocenters. The van der Waals surface area contributed by atoms with Gasteiger partial charge in [-0.3, -0.25) is 19.2 Å². The zero-order valence-corrected chi connectivity index (χ0v) is 25.6. The summed E-state index contributed by atoms with van der Waals surface area (Å²) in [6.45, 7) is 3.17. The molecule has 1 saturated heterocycles. The van der Waals surface area contributed by atoms with Gasteiger partial charge in [0.25, 0.3) is 11.8 Å². The molecule has 4 amide bonds. The van der Waals surface area contributed by atoms with Crippen LogP contribution < -0.4 is 15.0 Å². The Hall–Kier alpha value is -5.20. The van der Waals surface area contributed by atoms with Gasteiger partial charge in [-0.05, 0) is 49.9 Å². The van der Waals surface area contributed by atoms with E-state index in [1.165, 1.54) is 15.9 Å². The van der Waals surface area contributed by atoms with Crippen LogP contribution in [0.15, 0.2) is 54.6 Å². The quantitative estimate of drug-likeness (QED) is 0.343. The van der Waals surface area contributed by atoms with Crippen LogP contribution >= 0.6 is 0 Å². The summed E-state index contributed by atoms with van der Waals surface area (Å²) in [5, 5.41) is 12.6. The molecule has 2 aliphatic rings. The fourth-order valence-corrected chi connectivity index (χ4v) is 5.69. The lowest BCUT2D eigenvalue weighted by Crippen LogP contribution is -2.56. The van der Waals surface area contributed by atoms with Crippen molar-refractivity contribution in [2.75, 3.05) is 50.8 Å². The molecule has 242 valence electrons. The summed E-state index contributed by atoms with van der Waals surface area (Å²) in [5.41, 5.74) is 2.36. The van der Waals surface area contributed by atoms with Crippen LogP contribution in [-0.2, 0) is 25.5 Å². The Kier molecular flexibility index (Phi) is 10.3. The monoisotopic (exact) mass is 631 g/mol. The van der Waals surface area contributed by atoms with E-state index in [9.17, 15) is 29.1 Å². The van der Waals surface area contributed by atoms with Crippen LogP contribution in [0.2, 0.25) is 0 Å². The van der Waals surface area contributed by atoms with Crippen LogP contribution in [0.1, 0.15) is 42.2 Å². The number of benzene rings is 2. The fourth-order valence-electron chi connectivity index (χ4n) is 5.69. The molecule has 1 aromatic heterocycles. The van der Waals surface area contributed by atoms with Crippen molar-refractivity contribution in [3.05, 3.63) is 65.9 Å². The molecule has 13 heteroatoms. The standard InChI is InChI=1S/C33H37N5O8/c1-2-45-33(44)37-18-16-36(17-19-37)32(43)25(13-14-30(40)41)35-31(42)26-20-28(23-10-4-5-11-24(23)34-26)46-21-29(39)38-15-7-9-22-8-3-6-12-27(22)38/h3-6,8,10-12,20,25H,2,7,9,13-19,21H2,1H3,(H,35,42)(H,40,41). The van der Waals surface area contributed by atoms with Gasteiger partial charge in [0.2, 0.25) is 5.91 Å². The molecule has 2 aliphatic heterocycles. The number of rotatable bonds is 10. The lowest BCUT2D eigenvalue weighted by atomic mass is 10.0. The topological polar surface area (TPSA) is 159 Å². The Morgan fingerprint density at radius 1 is 0.957 bits per heavy atom. The maximum absolute atomic E-state index is 13.5. The molecular weight excluding hydrogens is 594 g/mol. The van der Waals surface area contributed by atoms with Crippen molar-refractivity contribution in [3.63, 3.8) is 0 Å². The van der Waals surface area contributed by atoms with Crippen molar-refractivity contribution in [2.24, 2.45) is 0 Å². The van der Waals surface area contributed by atoms with E-state index in [0.29, 0.717) is 17.4 Å². The molecule has 1 unspecified atom stereocenters. The van der Waals surface area contributed by atoms with Gasteiger partial charge in [-0.1, -0.05) is 30.3 Å². The number of carbonyl (C=O) groups is 5. The number of aromatic nitrogens is 1. The van der Waals surface area contributed by atoms with Crippen molar-refractivity contribution in [3.8, 4) is 5.75 Å². The smallest absolute Gasteiger partial charge is 0.409 e. The average Bonchev–Trinajstić information content (AvgIpc) is 3.08. The Balaban J connectivity index is 1.31. The van der Waals surface area contributed by atoms with Crippen LogP contribution in [0.25, 0.3) is 10.9 Å². The highest BCUT2D eigenvalue weighted by molar-refractivity contribution is 6.00. The van der Waals surface area contributed by atoms with Gasteiger partial charge in [0.1, 0.15) is 17.5 Å². The first-order valence-electron chi connectivity index (χ1n) is 15.4. The average molecular weight is 632 g/mol. The number of aryl methyl sites for hydroxylation is 1. The summed E-state index contributed by atoms with van der Waals surface area (Å²) in [6, 6.07) is 15.1. The third-order valence-corrected chi connectivity index (χ3v) is 8.04. The summed E-state index contributed by atoms with van der Waals surface area (Å²) in [5.74, 6) is -2.21. The zero-order chi connectivity index (χ0) is 32.6. The minimum absolute atomic E-state index is 0.0512. The van der Waals surface area contributed by atoms with Gasteiger partial charge < -0.3 is 34.6 Å².